The summed E-state index contributed by atoms with van der Waals surface area (Å²) in [5.74, 6) is -0.0575. The molecule has 0 spiro atoms. The van der Waals surface area contributed by atoms with Crippen molar-refractivity contribution in [3.8, 4) is 0 Å². The molecule has 1 aliphatic rings. The monoisotopic (exact) mass is 230 g/mol. The van der Waals surface area contributed by atoms with Gasteiger partial charge in [-0.15, -0.1) is 0 Å². The van der Waals surface area contributed by atoms with Gasteiger partial charge in [0.2, 0.25) is 5.91 Å². The molecule has 0 aromatic carbocycles. The van der Waals surface area contributed by atoms with Crippen molar-refractivity contribution in [1.82, 2.24) is 10.6 Å². The fourth-order valence-corrected chi connectivity index (χ4v) is 1.71. The second kappa shape index (κ2) is 5.61. The summed E-state index contributed by atoms with van der Waals surface area (Å²) in [6.07, 6.45) is 1.50. The summed E-state index contributed by atoms with van der Waals surface area (Å²) >= 11 is 0. The molecule has 1 heterocycles. The number of carbonyl (C=O) groups is 1. The summed E-state index contributed by atoms with van der Waals surface area (Å²) < 4.78 is 5.18. The van der Waals surface area contributed by atoms with Crippen LogP contribution in [0.1, 0.15) is 26.7 Å². The van der Waals surface area contributed by atoms with Crippen LogP contribution in [0.4, 0.5) is 0 Å². The molecule has 1 amide bonds. The fourth-order valence-electron chi connectivity index (χ4n) is 1.71. The Bertz CT molecular complexity index is 241. The van der Waals surface area contributed by atoms with Crippen LogP contribution in [-0.2, 0) is 9.53 Å². The predicted octanol–water partition coefficient (Wildman–Crippen LogP) is -0.359. The van der Waals surface area contributed by atoms with Crippen molar-refractivity contribution in [3.63, 3.8) is 0 Å². The number of hydrogen-bond donors (Lipinski definition) is 3. The van der Waals surface area contributed by atoms with Crippen molar-refractivity contribution in [2.24, 2.45) is 0 Å². The van der Waals surface area contributed by atoms with Crippen LogP contribution in [0.25, 0.3) is 0 Å². The molecule has 0 aromatic heterocycles. The van der Waals surface area contributed by atoms with Crippen molar-refractivity contribution in [3.05, 3.63) is 0 Å². The highest BCUT2D eigenvalue weighted by atomic mass is 16.5. The summed E-state index contributed by atoms with van der Waals surface area (Å²) in [6, 6.07) is -0.206. The van der Waals surface area contributed by atoms with Crippen molar-refractivity contribution in [2.75, 3.05) is 20.3 Å². The van der Waals surface area contributed by atoms with Gasteiger partial charge in [0.25, 0.3) is 0 Å². The van der Waals surface area contributed by atoms with Crippen LogP contribution in [0, 0.1) is 0 Å². The number of aliphatic hydroxyl groups is 1. The lowest BCUT2D eigenvalue weighted by Gasteiger charge is -2.28. The predicted molar refractivity (Wildman–Crippen MR) is 61.1 cm³/mol. The maximum atomic E-state index is 11.9. The van der Waals surface area contributed by atoms with Crippen LogP contribution in [0.15, 0.2) is 0 Å². The van der Waals surface area contributed by atoms with Gasteiger partial charge < -0.3 is 20.5 Å². The van der Waals surface area contributed by atoms with E-state index in [9.17, 15) is 9.90 Å². The number of nitrogens with one attached hydrogen (secondary N) is 2. The molecule has 1 saturated heterocycles. The molecule has 3 unspecified atom stereocenters. The molecule has 0 bridgehead atoms. The average Bonchev–Trinajstić information content (AvgIpc) is 2.77. The van der Waals surface area contributed by atoms with Crippen LogP contribution >= 0.6 is 0 Å². The Morgan fingerprint density at radius 2 is 2.38 bits per heavy atom. The third-order valence-corrected chi connectivity index (χ3v) is 3.29. The molecule has 1 rings (SSSR count). The van der Waals surface area contributed by atoms with E-state index in [0.717, 1.165) is 0 Å². The van der Waals surface area contributed by atoms with Crippen molar-refractivity contribution < 1.29 is 14.6 Å². The number of methoxy groups -OCH3 is 1. The smallest absolute Gasteiger partial charge is 0.237 e. The quantitative estimate of drug-likeness (QED) is 0.603. The summed E-state index contributed by atoms with van der Waals surface area (Å²) in [6.45, 7) is 4.44. The van der Waals surface area contributed by atoms with E-state index in [1.165, 1.54) is 0 Å². The van der Waals surface area contributed by atoms with Gasteiger partial charge in [-0.2, -0.15) is 0 Å². The Kier molecular flexibility index (Phi) is 4.70. The first-order valence-electron chi connectivity index (χ1n) is 5.73. The Morgan fingerprint density at radius 1 is 1.69 bits per heavy atom. The lowest BCUT2D eigenvalue weighted by atomic mass is 9.99. The fraction of sp³-hybridized carbons (Fsp3) is 0.909. The molecule has 0 saturated carbocycles. The lowest BCUT2D eigenvalue weighted by Crippen LogP contribution is -2.53. The van der Waals surface area contributed by atoms with E-state index in [-0.39, 0.29) is 24.7 Å². The van der Waals surface area contributed by atoms with E-state index < -0.39 is 5.54 Å². The first kappa shape index (κ1) is 13.4. The minimum absolute atomic E-state index is 0.0460. The molecule has 0 radical (unpaired) electrons. The topological polar surface area (TPSA) is 70.6 Å². The molecule has 1 fully saturated rings. The molecule has 5 nitrogen and oxygen atoms in total. The van der Waals surface area contributed by atoms with Gasteiger partial charge >= 0.3 is 0 Å². The minimum Gasteiger partial charge on any atom is -0.394 e. The molecule has 3 atom stereocenters. The first-order chi connectivity index (χ1) is 7.54. The number of aliphatic hydroxyl groups excluding tert-OH is 1. The van der Waals surface area contributed by atoms with Gasteiger partial charge in [0.15, 0.2) is 0 Å². The third kappa shape index (κ3) is 3.17. The zero-order valence-electron chi connectivity index (χ0n) is 10.2. The van der Waals surface area contributed by atoms with Gasteiger partial charge in [0, 0.05) is 13.7 Å². The lowest BCUT2D eigenvalue weighted by molar-refractivity contribution is -0.125. The third-order valence-electron chi connectivity index (χ3n) is 3.29. The zero-order chi connectivity index (χ0) is 12.2. The van der Waals surface area contributed by atoms with Crippen LogP contribution in [0.3, 0.4) is 0 Å². The molecule has 1 aliphatic heterocycles. The largest absolute Gasteiger partial charge is 0.394 e. The average molecular weight is 230 g/mol. The molecule has 3 N–H and O–H groups in total. The van der Waals surface area contributed by atoms with Crippen LogP contribution in [0.2, 0.25) is 0 Å². The van der Waals surface area contributed by atoms with Gasteiger partial charge in [-0.1, -0.05) is 6.92 Å². The van der Waals surface area contributed by atoms with Crippen molar-refractivity contribution in [1.29, 1.82) is 0 Å². The Labute approximate surface area is 96.6 Å². The summed E-state index contributed by atoms with van der Waals surface area (Å²) in [5, 5.41) is 15.2. The van der Waals surface area contributed by atoms with Crippen molar-refractivity contribution >= 4 is 5.91 Å². The van der Waals surface area contributed by atoms with E-state index in [1.54, 1.807) is 7.11 Å². The maximum absolute atomic E-state index is 11.9. The Morgan fingerprint density at radius 3 is 2.81 bits per heavy atom. The summed E-state index contributed by atoms with van der Waals surface area (Å²) in [5.41, 5.74) is -0.524. The Hall–Kier alpha value is -0.650. The standard InChI is InChI=1S/C11H22N2O3/c1-4-11(2,7-14)13-10(15)9-5-8(16-3)6-12-9/h8-9,12,14H,4-7H2,1-3H3,(H,13,15). The van der Waals surface area contributed by atoms with Crippen LogP contribution in [0.5, 0.6) is 0 Å². The van der Waals surface area contributed by atoms with Crippen molar-refractivity contribution in [2.45, 2.75) is 44.4 Å². The molecule has 94 valence electrons. The van der Waals surface area contributed by atoms with Gasteiger partial charge in [0.1, 0.15) is 0 Å². The highest BCUT2D eigenvalue weighted by Crippen LogP contribution is 2.13. The molecular weight excluding hydrogens is 208 g/mol. The van der Waals surface area contributed by atoms with Gasteiger partial charge in [0.05, 0.1) is 24.3 Å². The highest BCUT2D eigenvalue weighted by Gasteiger charge is 2.32. The molecule has 0 aromatic rings. The summed E-state index contributed by atoms with van der Waals surface area (Å²) in [4.78, 5) is 11.9. The van der Waals surface area contributed by atoms with Gasteiger partial charge in [-0.3, -0.25) is 4.79 Å². The minimum atomic E-state index is -0.524. The molecule has 5 heteroatoms. The number of amides is 1. The first-order valence-corrected chi connectivity index (χ1v) is 5.73. The van der Waals surface area contributed by atoms with Crippen LogP contribution < -0.4 is 10.6 Å². The SMILES string of the molecule is CCC(C)(CO)NC(=O)C1CC(OC)CN1. The number of ether oxygens (including phenoxy) is 1. The van der Waals surface area contributed by atoms with Gasteiger partial charge in [-0.25, -0.2) is 0 Å². The number of rotatable bonds is 5. The maximum Gasteiger partial charge on any atom is 0.237 e. The molecule has 16 heavy (non-hydrogen) atoms. The van der Waals surface area contributed by atoms with Crippen LogP contribution in [-0.4, -0.2) is 49.0 Å². The Balaban J connectivity index is 2.47. The molecular formula is C11H22N2O3. The second-order valence-electron chi connectivity index (χ2n) is 4.62. The van der Waals surface area contributed by atoms with E-state index in [4.69, 9.17) is 4.74 Å². The zero-order valence-corrected chi connectivity index (χ0v) is 10.2. The highest BCUT2D eigenvalue weighted by molar-refractivity contribution is 5.82. The molecule has 0 aliphatic carbocycles. The number of carbonyl (C=O) groups excluding carboxylic acids is 1. The number of hydrogen-bond acceptors (Lipinski definition) is 4. The van der Waals surface area contributed by atoms with Gasteiger partial charge in [-0.05, 0) is 19.8 Å². The summed E-state index contributed by atoms with van der Waals surface area (Å²) in [7, 11) is 1.65. The van der Waals surface area contributed by atoms with E-state index in [0.29, 0.717) is 19.4 Å². The van der Waals surface area contributed by atoms with E-state index in [2.05, 4.69) is 10.6 Å². The van der Waals surface area contributed by atoms with E-state index >= 15 is 0 Å². The van der Waals surface area contributed by atoms with E-state index in [1.807, 2.05) is 13.8 Å². The normalized spacial score (nSPS) is 28.8. The second-order valence-corrected chi connectivity index (χ2v) is 4.62.